The van der Waals surface area contributed by atoms with Crippen LogP contribution in [0.2, 0.25) is 0 Å². The molecular formula is C14H16BrN3O4. The Labute approximate surface area is 136 Å². The van der Waals surface area contributed by atoms with Crippen molar-refractivity contribution in [3.05, 3.63) is 22.2 Å². The Morgan fingerprint density at radius 2 is 2.00 bits per heavy atom. The van der Waals surface area contributed by atoms with Crippen LogP contribution >= 0.6 is 15.9 Å². The number of hydrogen-bond donors (Lipinski definition) is 2. The van der Waals surface area contributed by atoms with Crippen LogP contribution < -0.4 is 20.2 Å². The topological polar surface area (TPSA) is 89.0 Å². The van der Waals surface area contributed by atoms with Crippen molar-refractivity contribution in [2.75, 3.05) is 6.79 Å². The van der Waals surface area contributed by atoms with Gasteiger partial charge in [-0.25, -0.2) is 5.43 Å². The second-order valence-electron chi connectivity index (χ2n) is 4.92. The third-order valence-corrected chi connectivity index (χ3v) is 3.34. The second-order valence-corrected chi connectivity index (χ2v) is 5.77. The zero-order valence-corrected chi connectivity index (χ0v) is 13.8. The van der Waals surface area contributed by atoms with Crippen LogP contribution in [-0.4, -0.2) is 30.9 Å². The highest BCUT2D eigenvalue weighted by Gasteiger charge is 2.15. The first-order chi connectivity index (χ1) is 10.5. The summed E-state index contributed by atoms with van der Waals surface area (Å²) >= 11 is 3.38. The van der Waals surface area contributed by atoms with E-state index in [-0.39, 0.29) is 25.2 Å². The Kier molecular flexibility index (Phi) is 5.37. The molecule has 0 bridgehead atoms. The lowest BCUT2D eigenvalue weighted by atomic mass is 10.2. The highest BCUT2D eigenvalue weighted by molar-refractivity contribution is 9.10. The molecule has 0 saturated heterocycles. The van der Waals surface area contributed by atoms with E-state index in [0.717, 1.165) is 10.0 Å². The second kappa shape index (κ2) is 7.26. The molecule has 8 heteroatoms. The number of amides is 2. The summed E-state index contributed by atoms with van der Waals surface area (Å²) in [5.41, 5.74) is 3.03. The van der Waals surface area contributed by atoms with Gasteiger partial charge in [0.05, 0.1) is 6.21 Å². The Balaban J connectivity index is 1.90. The fourth-order valence-corrected chi connectivity index (χ4v) is 2.19. The largest absolute Gasteiger partial charge is 0.454 e. The van der Waals surface area contributed by atoms with Gasteiger partial charge in [-0.05, 0) is 41.9 Å². The van der Waals surface area contributed by atoms with Crippen LogP contribution in [0.5, 0.6) is 11.5 Å². The highest BCUT2D eigenvalue weighted by Crippen LogP contribution is 2.36. The van der Waals surface area contributed by atoms with Gasteiger partial charge >= 0.3 is 0 Å². The van der Waals surface area contributed by atoms with E-state index < -0.39 is 5.91 Å². The van der Waals surface area contributed by atoms with Crippen molar-refractivity contribution in [3.63, 3.8) is 0 Å². The molecule has 0 aromatic heterocycles. The zero-order valence-electron chi connectivity index (χ0n) is 12.2. The smallest absolute Gasteiger partial charge is 0.249 e. The molecule has 2 N–H and O–H groups in total. The normalized spacial score (nSPS) is 12.7. The van der Waals surface area contributed by atoms with Crippen LogP contribution in [0, 0.1) is 0 Å². The minimum Gasteiger partial charge on any atom is -0.454 e. The first-order valence-electron chi connectivity index (χ1n) is 6.66. The average molecular weight is 370 g/mol. The number of carbonyl (C=O) groups excluding carboxylic acids is 2. The minimum absolute atomic E-state index is 0.00612. The van der Waals surface area contributed by atoms with E-state index in [1.54, 1.807) is 12.1 Å². The van der Waals surface area contributed by atoms with E-state index in [2.05, 4.69) is 31.8 Å². The molecule has 0 atom stereocenters. The van der Waals surface area contributed by atoms with E-state index in [1.165, 1.54) is 6.21 Å². The number of fused-ring (bicyclic) bond motifs is 1. The fourth-order valence-electron chi connectivity index (χ4n) is 1.76. The van der Waals surface area contributed by atoms with Gasteiger partial charge in [0.2, 0.25) is 18.6 Å². The predicted octanol–water partition coefficient (Wildman–Crippen LogP) is 1.54. The maximum atomic E-state index is 11.6. The Morgan fingerprint density at radius 1 is 1.32 bits per heavy atom. The Bertz CT molecular complexity index is 616. The molecule has 0 fully saturated rings. The molecule has 1 heterocycles. The molecular weight excluding hydrogens is 354 g/mol. The fraction of sp³-hybridized carbons (Fsp3) is 0.357. The van der Waals surface area contributed by atoms with Gasteiger partial charge in [-0.3, -0.25) is 9.59 Å². The molecule has 1 aromatic carbocycles. The van der Waals surface area contributed by atoms with Crippen LogP contribution in [0.4, 0.5) is 0 Å². The Morgan fingerprint density at radius 3 is 2.68 bits per heavy atom. The molecule has 0 aliphatic carbocycles. The third-order valence-electron chi connectivity index (χ3n) is 2.66. The van der Waals surface area contributed by atoms with Crippen LogP contribution in [-0.2, 0) is 9.59 Å². The summed E-state index contributed by atoms with van der Waals surface area (Å²) in [6, 6.07) is 3.50. The molecule has 1 aromatic rings. The molecule has 118 valence electrons. The van der Waals surface area contributed by atoms with Crippen molar-refractivity contribution in [2.24, 2.45) is 5.10 Å². The number of ether oxygens (including phenoxy) is 2. The summed E-state index contributed by atoms with van der Waals surface area (Å²) in [7, 11) is 0. The van der Waals surface area contributed by atoms with Gasteiger partial charge in [0.25, 0.3) is 0 Å². The number of rotatable bonds is 5. The van der Waals surface area contributed by atoms with Crippen molar-refractivity contribution in [1.82, 2.24) is 10.7 Å². The van der Waals surface area contributed by atoms with E-state index in [4.69, 9.17) is 9.47 Å². The van der Waals surface area contributed by atoms with Crippen molar-refractivity contribution in [3.8, 4) is 11.5 Å². The van der Waals surface area contributed by atoms with Gasteiger partial charge in [-0.1, -0.05) is 0 Å². The number of halogens is 1. The molecule has 0 spiro atoms. The molecule has 0 radical (unpaired) electrons. The molecule has 1 aliphatic rings. The predicted molar refractivity (Wildman–Crippen MR) is 83.9 cm³/mol. The first-order valence-corrected chi connectivity index (χ1v) is 7.45. The number of hydrogen-bond acceptors (Lipinski definition) is 5. The van der Waals surface area contributed by atoms with E-state index in [9.17, 15) is 9.59 Å². The number of carbonyl (C=O) groups is 2. The van der Waals surface area contributed by atoms with Gasteiger partial charge in [-0.15, -0.1) is 0 Å². The highest BCUT2D eigenvalue weighted by atomic mass is 79.9. The number of hydrazone groups is 1. The Hall–Kier alpha value is -2.09. The van der Waals surface area contributed by atoms with Crippen molar-refractivity contribution in [1.29, 1.82) is 0 Å². The van der Waals surface area contributed by atoms with Crippen LogP contribution in [0.3, 0.4) is 0 Å². The minimum atomic E-state index is -0.480. The molecule has 0 saturated carbocycles. The summed E-state index contributed by atoms with van der Waals surface area (Å²) in [5, 5.41) is 6.46. The van der Waals surface area contributed by atoms with Crippen molar-refractivity contribution in [2.45, 2.75) is 26.3 Å². The molecule has 7 nitrogen and oxygen atoms in total. The van der Waals surface area contributed by atoms with Gasteiger partial charge in [0, 0.05) is 16.1 Å². The monoisotopic (exact) mass is 369 g/mol. The van der Waals surface area contributed by atoms with Gasteiger partial charge in [0.1, 0.15) is 6.42 Å². The maximum Gasteiger partial charge on any atom is 0.249 e. The van der Waals surface area contributed by atoms with Crippen molar-refractivity contribution < 1.29 is 19.1 Å². The lowest BCUT2D eigenvalue weighted by Crippen LogP contribution is -2.34. The summed E-state index contributed by atoms with van der Waals surface area (Å²) in [6.07, 6.45) is 1.20. The lowest BCUT2D eigenvalue weighted by molar-refractivity contribution is -0.129. The van der Waals surface area contributed by atoms with Crippen LogP contribution in [0.15, 0.2) is 21.7 Å². The standard InChI is InChI=1S/C14H16BrN3O4/c1-8(2)17-13(19)5-14(20)18-16-6-9-3-11-12(4-10(9)15)22-7-21-11/h3-4,6,8H,5,7H2,1-2H3,(H,17,19)(H,18,20)/b16-6-. The maximum absolute atomic E-state index is 11.6. The van der Waals surface area contributed by atoms with E-state index in [1.807, 2.05) is 13.8 Å². The van der Waals surface area contributed by atoms with Crippen LogP contribution in [0.25, 0.3) is 0 Å². The summed E-state index contributed by atoms with van der Waals surface area (Å²) in [4.78, 5) is 23.0. The van der Waals surface area contributed by atoms with E-state index in [0.29, 0.717) is 11.5 Å². The van der Waals surface area contributed by atoms with Crippen molar-refractivity contribution >= 4 is 34.0 Å². The number of benzene rings is 1. The molecule has 0 unspecified atom stereocenters. The number of nitrogens with zero attached hydrogens (tertiary/aromatic N) is 1. The van der Waals surface area contributed by atoms with Gasteiger partial charge < -0.3 is 14.8 Å². The molecule has 22 heavy (non-hydrogen) atoms. The first kappa shape index (κ1) is 16.3. The van der Waals surface area contributed by atoms with E-state index >= 15 is 0 Å². The molecule has 1 aliphatic heterocycles. The summed E-state index contributed by atoms with van der Waals surface area (Å²) < 4.78 is 11.3. The van der Waals surface area contributed by atoms with Crippen LogP contribution in [0.1, 0.15) is 25.8 Å². The summed E-state index contributed by atoms with van der Waals surface area (Å²) in [6.45, 7) is 3.83. The van der Waals surface area contributed by atoms with Gasteiger partial charge in [0.15, 0.2) is 11.5 Å². The SMILES string of the molecule is CC(C)NC(=O)CC(=O)N/N=C\c1cc2c(cc1Br)OCO2. The van der Waals surface area contributed by atoms with Gasteiger partial charge in [-0.2, -0.15) is 5.10 Å². The quantitative estimate of drug-likeness (QED) is 0.468. The zero-order chi connectivity index (χ0) is 16.1. The summed E-state index contributed by atoms with van der Waals surface area (Å²) in [5.74, 6) is 0.448. The molecule has 2 amide bonds. The number of nitrogens with one attached hydrogen (secondary N) is 2. The average Bonchev–Trinajstić information content (AvgIpc) is 2.84. The lowest BCUT2D eigenvalue weighted by Gasteiger charge is -2.07. The molecule has 2 rings (SSSR count). The third kappa shape index (κ3) is 4.45.